The van der Waals surface area contributed by atoms with E-state index in [1.54, 1.807) is 19.1 Å². The molecule has 0 atom stereocenters. The summed E-state index contributed by atoms with van der Waals surface area (Å²) in [4.78, 5) is 25.1. The Bertz CT molecular complexity index is 863. The summed E-state index contributed by atoms with van der Waals surface area (Å²) in [5, 5.41) is 9.44. The second-order valence-electron chi connectivity index (χ2n) is 5.23. The van der Waals surface area contributed by atoms with Gasteiger partial charge in [-0.3, -0.25) is 13.9 Å². The predicted octanol–water partition coefficient (Wildman–Crippen LogP) is 0.749. The highest BCUT2D eigenvalue weighted by atomic mass is 16.5. The zero-order valence-corrected chi connectivity index (χ0v) is 13.5. The van der Waals surface area contributed by atoms with Crippen molar-refractivity contribution in [3.63, 3.8) is 0 Å². The molecule has 0 saturated carbocycles. The minimum Gasteiger partial charge on any atom is -0.493 e. The highest BCUT2D eigenvalue weighted by Gasteiger charge is 2.16. The van der Waals surface area contributed by atoms with Gasteiger partial charge in [-0.15, -0.1) is 0 Å². The summed E-state index contributed by atoms with van der Waals surface area (Å²) in [6.45, 7) is 5.50. The number of methoxy groups -OCH3 is 2. The molecule has 0 radical (unpaired) electrons. The third-order valence-corrected chi connectivity index (χ3v) is 3.48. The molecule has 1 N–H and O–H groups in total. The van der Waals surface area contributed by atoms with Gasteiger partial charge < -0.3 is 14.6 Å². The first kappa shape index (κ1) is 16.8. The maximum absolute atomic E-state index is 12.6. The summed E-state index contributed by atoms with van der Waals surface area (Å²) >= 11 is 0. The lowest BCUT2D eigenvalue weighted by Gasteiger charge is -2.16. The van der Waals surface area contributed by atoms with E-state index in [1.165, 1.54) is 18.8 Å². The quantitative estimate of drug-likeness (QED) is 0.794. The number of aliphatic hydroxyl groups excluding tert-OH is 1. The maximum atomic E-state index is 12.6. The Labute approximate surface area is 133 Å². The minimum absolute atomic E-state index is 0.0713. The van der Waals surface area contributed by atoms with Gasteiger partial charge in [0.25, 0.3) is 5.56 Å². The van der Waals surface area contributed by atoms with Crippen molar-refractivity contribution in [1.29, 1.82) is 0 Å². The molecule has 2 rings (SSSR count). The molecule has 0 amide bonds. The highest BCUT2D eigenvalue weighted by Crippen LogP contribution is 2.30. The fraction of sp³-hybridized carbons (Fsp3) is 0.375. The van der Waals surface area contributed by atoms with Gasteiger partial charge in [0.1, 0.15) is 0 Å². The van der Waals surface area contributed by atoms with Gasteiger partial charge in [0.2, 0.25) is 0 Å². The molecule has 1 aromatic heterocycles. The molecule has 0 aliphatic heterocycles. The molecule has 7 nitrogen and oxygen atoms in total. The van der Waals surface area contributed by atoms with E-state index in [0.29, 0.717) is 22.4 Å². The number of hydrogen-bond acceptors (Lipinski definition) is 5. The molecule has 7 heteroatoms. The second-order valence-corrected chi connectivity index (χ2v) is 5.23. The van der Waals surface area contributed by atoms with Gasteiger partial charge in [-0.2, -0.15) is 0 Å². The van der Waals surface area contributed by atoms with Crippen LogP contribution in [-0.4, -0.2) is 35.1 Å². The largest absolute Gasteiger partial charge is 0.493 e. The van der Waals surface area contributed by atoms with Crippen LogP contribution in [-0.2, 0) is 13.1 Å². The normalized spacial score (nSPS) is 10.8. The SMILES string of the molecule is C=C(C)Cn1c(=O)n(CCO)c(=O)c2cc(OC)c(OC)cc21. The Morgan fingerprint density at radius 1 is 1.17 bits per heavy atom. The van der Waals surface area contributed by atoms with Crippen molar-refractivity contribution in [3.8, 4) is 11.5 Å². The monoisotopic (exact) mass is 320 g/mol. The lowest BCUT2D eigenvalue weighted by atomic mass is 10.2. The van der Waals surface area contributed by atoms with Crippen molar-refractivity contribution in [1.82, 2.24) is 9.13 Å². The van der Waals surface area contributed by atoms with Crippen molar-refractivity contribution in [2.45, 2.75) is 20.0 Å². The number of benzene rings is 1. The van der Waals surface area contributed by atoms with Crippen LogP contribution in [0.4, 0.5) is 0 Å². The molecule has 1 aromatic carbocycles. The molecular weight excluding hydrogens is 300 g/mol. The van der Waals surface area contributed by atoms with E-state index in [9.17, 15) is 9.59 Å². The lowest BCUT2D eigenvalue weighted by molar-refractivity contribution is 0.270. The van der Waals surface area contributed by atoms with E-state index in [1.807, 2.05) is 0 Å². The standard InChI is InChI=1S/C16H20N2O5/c1-10(2)9-18-12-8-14(23-4)13(22-3)7-11(12)15(20)17(5-6-19)16(18)21/h7-8,19H,1,5-6,9H2,2-4H3. The molecular formula is C16H20N2O5. The topological polar surface area (TPSA) is 82.7 Å². The van der Waals surface area contributed by atoms with Gasteiger partial charge in [-0.05, 0) is 13.0 Å². The third-order valence-electron chi connectivity index (χ3n) is 3.48. The average Bonchev–Trinajstić information content (AvgIpc) is 2.54. The van der Waals surface area contributed by atoms with Crippen LogP contribution in [0.1, 0.15) is 6.92 Å². The van der Waals surface area contributed by atoms with Gasteiger partial charge >= 0.3 is 5.69 Å². The Morgan fingerprint density at radius 2 is 1.78 bits per heavy atom. The van der Waals surface area contributed by atoms with Gasteiger partial charge in [-0.1, -0.05) is 12.2 Å². The molecule has 0 aliphatic rings. The van der Waals surface area contributed by atoms with Crippen LogP contribution < -0.4 is 20.7 Å². The van der Waals surface area contributed by atoms with E-state index in [0.717, 1.165) is 10.1 Å². The average molecular weight is 320 g/mol. The zero-order valence-electron chi connectivity index (χ0n) is 13.5. The molecule has 2 aromatic rings. The van der Waals surface area contributed by atoms with Gasteiger partial charge in [0, 0.05) is 12.6 Å². The first-order valence-electron chi connectivity index (χ1n) is 7.09. The van der Waals surface area contributed by atoms with E-state index in [2.05, 4.69) is 6.58 Å². The Morgan fingerprint density at radius 3 is 2.30 bits per heavy atom. The molecule has 1 heterocycles. The summed E-state index contributed by atoms with van der Waals surface area (Å²) in [7, 11) is 2.96. The van der Waals surface area contributed by atoms with E-state index in [-0.39, 0.29) is 19.7 Å². The number of ether oxygens (including phenoxy) is 2. The lowest BCUT2D eigenvalue weighted by Crippen LogP contribution is -2.41. The molecule has 0 spiro atoms. The van der Waals surface area contributed by atoms with Crippen molar-refractivity contribution in [2.75, 3.05) is 20.8 Å². The van der Waals surface area contributed by atoms with Crippen LogP contribution in [0.3, 0.4) is 0 Å². The number of aromatic nitrogens is 2. The van der Waals surface area contributed by atoms with Gasteiger partial charge in [0.15, 0.2) is 11.5 Å². The Kier molecular flexibility index (Phi) is 4.90. The van der Waals surface area contributed by atoms with Gasteiger partial charge in [0.05, 0.1) is 38.3 Å². The van der Waals surface area contributed by atoms with Gasteiger partial charge in [-0.25, -0.2) is 4.79 Å². The molecule has 23 heavy (non-hydrogen) atoms. The summed E-state index contributed by atoms with van der Waals surface area (Å²) in [6.07, 6.45) is 0. The van der Waals surface area contributed by atoms with Crippen LogP contribution in [0.5, 0.6) is 11.5 Å². The molecule has 0 bridgehead atoms. The number of allylic oxidation sites excluding steroid dienone is 1. The number of hydrogen-bond donors (Lipinski definition) is 1. The molecule has 0 saturated heterocycles. The van der Waals surface area contributed by atoms with E-state index >= 15 is 0 Å². The van der Waals surface area contributed by atoms with E-state index in [4.69, 9.17) is 14.6 Å². The first-order chi connectivity index (χ1) is 10.9. The van der Waals surface area contributed by atoms with Crippen molar-refractivity contribution in [3.05, 3.63) is 45.1 Å². The number of aliphatic hydroxyl groups is 1. The van der Waals surface area contributed by atoms with E-state index < -0.39 is 11.2 Å². The number of fused-ring (bicyclic) bond motifs is 1. The summed E-state index contributed by atoms with van der Waals surface area (Å²) < 4.78 is 12.9. The molecule has 0 unspecified atom stereocenters. The second kappa shape index (κ2) is 6.70. The predicted molar refractivity (Wildman–Crippen MR) is 87.5 cm³/mol. The Balaban J connectivity index is 2.96. The number of rotatable bonds is 6. The molecule has 124 valence electrons. The van der Waals surface area contributed by atoms with Crippen molar-refractivity contribution < 1.29 is 14.6 Å². The van der Waals surface area contributed by atoms with Crippen LogP contribution in [0.2, 0.25) is 0 Å². The fourth-order valence-electron chi connectivity index (χ4n) is 2.46. The maximum Gasteiger partial charge on any atom is 0.331 e. The van der Waals surface area contributed by atoms with Crippen LogP contribution in [0.25, 0.3) is 10.9 Å². The smallest absolute Gasteiger partial charge is 0.331 e. The Hall–Kier alpha value is -2.54. The number of nitrogens with zero attached hydrogens (tertiary/aromatic N) is 2. The first-order valence-corrected chi connectivity index (χ1v) is 7.09. The highest BCUT2D eigenvalue weighted by molar-refractivity contribution is 5.82. The molecule has 0 aliphatic carbocycles. The summed E-state index contributed by atoms with van der Waals surface area (Å²) in [6, 6.07) is 3.14. The van der Waals surface area contributed by atoms with Crippen molar-refractivity contribution in [2.24, 2.45) is 0 Å². The zero-order chi connectivity index (χ0) is 17.1. The van der Waals surface area contributed by atoms with Crippen molar-refractivity contribution >= 4 is 10.9 Å². The van der Waals surface area contributed by atoms with Crippen LogP contribution in [0, 0.1) is 0 Å². The molecule has 0 fully saturated rings. The minimum atomic E-state index is -0.494. The third kappa shape index (κ3) is 3.00. The fourth-order valence-corrected chi connectivity index (χ4v) is 2.46. The van der Waals surface area contributed by atoms with Crippen LogP contribution >= 0.6 is 0 Å². The van der Waals surface area contributed by atoms with Crippen LogP contribution in [0.15, 0.2) is 33.9 Å². The summed E-state index contributed by atoms with van der Waals surface area (Å²) in [5.74, 6) is 0.822. The summed E-state index contributed by atoms with van der Waals surface area (Å²) in [5.41, 5.74) is 0.233.